The van der Waals surface area contributed by atoms with Crippen LogP contribution in [-0.4, -0.2) is 6.61 Å². The van der Waals surface area contributed by atoms with Gasteiger partial charge in [-0.15, -0.1) is 0 Å². The van der Waals surface area contributed by atoms with E-state index < -0.39 is 5.41 Å². The van der Waals surface area contributed by atoms with Crippen molar-refractivity contribution in [1.29, 1.82) is 10.5 Å². The van der Waals surface area contributed by atoms with Crippen molar-refractivity contribution in [2.75, 3.05) is 6.61 Å². The summed E-state index contributed by atoms with van der Waals surface area (Å²) < 4.78 is 5.48. The number of ether oxygens (including phenoxy) is 1. The fourth-order valence-corrected chi connectivity index (χ4v) is 1.37. The Morgan fingerprint density at radius 3 is 2.59 bits per heavy atom. The first-order valence-corrected chi connectivity index (χ1v) is 5.60. The van der Waals surface area contributed by atoms with Gasteiger partial charge in [0.1, 0.15) is 11.8 Å². The largest absolute Gasteiger partial charge is 0.493 e. The molecule has 1 aromatic rings. The zero-order valence-corrected chi connectivity index (χ0v) is 10.6. The second kappa shape index (κ2) is 5.57. The quantitative estimate of drug-likeness (QED) is 0.819. The van der Waals surface area contributed by atoms with Gasteiger partial charge in [-0.2, -0.15) is 10.5 Å². The fourth-order valence-electron chi connectivity index (χ4n) is 1.16. The Morgan fingerprint density at radius 2 is 2.06 bits per heavy atom. The van der Waals surface area contributed by atoms with E-state index in [4.69, 9.17) is 26.9 Å². The summed E-state index contributed by atoms with van der Waals surface area (Å²) in [6, 6.07) is 9.12. The van der Waals surface area contributed by atoms with Crippen LogP contribution in [0.1, 0.15) is 25.8 Å². The van der Waals surface area contributed by atoms with Crippen LogP contribution in [0.25, 0.3) is 0 Å². The molecule has 0 heterocycles. The molecule has 0 aliphatic heterocycles. The first-order valence-electron chi connectivity index (χ1n) is 5.22. The van der Waals surface area contributed by atoms with Gasteiger partial charge in [-0.3, -0.25) is 0 Å². The number of benzene rings is 1. The van der Waals surface area contributed by atoms with Crippen LogP contribution in [0.3, 0.4) is 0 Å². The summed E-state index contributed by atoms with van der Waals surface area (Å²) in [4.78, 5) is 0. The van der Waals surface area contributed by atoms with E-state index >= 15 is 0 Å². The molecule has 0 aliphatic rings. The number of hydrogen-bond acceptors (Lipinski definition) is 3. The van der Waals surface area contributed by atoms with Crippen molar-refractivity contribution in [2.45, 2.75) is 20.3 Å². The van der Waals surface area contributed by atoms with Crippen LogP contribution in [-0.2, 0) is 0 Å². The van der Waals surface area contributed by atoms with E-state index in [0.717, 1.165) is 0 Å². The predicted octanol–water partition coefficient (Wildman–Crippen LogP) is 3.53. The Morgan fingerprint density at radius 1 is 1.35 bits per heavy atom. The second-order valence-corrected chi connectivity index (χ2v) is 4.75. The lowest BCUT2D eigenvalue weighted by Gasteiger charge is -2.15. The average molecular weight is 249 g/mol. The lowest BCUT2D eigenvalue weighted by molar-refractivity contribution is 0.264. The van der Waals surface area contributed by atoms with Crippen LogP contribution in [0.2, 0.25) is 5.02 Å². The summed E-state index contributed by atoms with van der Waals surface area (Å²) in [6.45, 7) is 4.17. The molecule has 0 fully saturated rings. The summed E-state index contributed by atoms with van der Waals surface area (Å²) in [5.74, 6) is 0.614. The minimum Gasteiger partial charge on any atom is -0.493 e. The Bertz CT molecular complexity index is 483. The van der Waals surface area contributed by atoms with Crippen LogP contribution in [0, 0.1) is 28.1 Å². The van der Waals surface area contributed by atoms with E-state index in [9.17, 15) is 0 Å². The third-order valence-electron chi connectivity index (χ3n) is 2.36. The highest BCUT2D eigenvalue weighted by molar-refractivity contribution is 6.31. The second-order valence-electron chi connectivity index (χ2n) is 4.35. The lowest BCUT2D eigenvalue weighted by Crippen LogP contribution is -2.13. The molecule has 3 nitrogen and oxygen atoms in total. The third-order valence-corrected chi connectivity index (χ3v) is 2.67. The predicted molar refractivity (Wildman–Crippen MR) is 65.7 cm³/mol. The zero-order chi connectivity index (χ0) is 12.9. The van der Waals surface area contributed by atoms with Crippen molar-refractivity contribution < 1.29 is 4.74 Å². The molecule has 17 heavy (non-hydrogen) atoms. The summed E-state index contributed by atoms with van der Waals surface area (Å²) >= 11 is 5.87. The normalized spacial score (nSPS) is 10.4. The molecular weight excluding hydrogens is 236 g/mol. The minimum atomic E-state index is -0.392. The smallest absolute Gasteiger partial charge is 0.120 e. The van der Waals surface area contributed by atoms with Crippen LogP contribution in [0.5, 0.6) is 5.75 Å². The molecule has 88 valence electrons. The maximum absolute atomic E-state index is 8.84. The molecule has 0 amide bonds. The van der Waals surface area contributed by atoms with Gasteiger partial charge in [-0.05, 0) is 32.4 Å². The maximum Gasteiger partial charge on any atom is 0.120 e. The Hall–Kier alpha value is -1.71. The van der Waals surface area contributed by atoms with Gasteiger partial charge in [0.05, 0.1) is 28.7 Å². The van der Waals surface area contributed by atoms with Gasteiger partial charge in [-0.1, -0.05) is 11.6 Å². The van der Waals surface area contributed by atoms with Gasteiger partial charge in [0.15, 0.2) is 0 Å². The first-order chi connectivity index (χ1) is 7.98. The minimum absolute atomic E-state index is 0.379. The van der Waals surface area contributed by atoms with Gasteiger partial charge in [0.25, 0.3) is 0 Å². The van der Waals surface area contributed by atoms with E-state index in [1.165, 1.54) is 0 Å². The Kier molecular flexibility index (Phi) is 4.37. The molecule has 0 saturated carbocycles. The maximum atomic E-state index is 8.84. The molecule has 0 atom stereocenters. The van der Waals surface area contributed by atoms with Gasteiger partial charge in [-0.25, -0.2) is 0 Å². The van der Waals surface area contributed by atoms with Crippen molar-refractivity contribution in [3.8, 4) is 17.9 Å². The summed E-state index contributed by atoms with van der Waals surface area (Å²) in [6.07, 6.45) is 0.640. The number of hydrogen-bond donors (Lipinski definition) is 0. The molecule has 0 bridgehead atoms. The highest BCUT2D eigenvalue weighted by atomic mass is 35.5. The monoisotopic (exact) mass is 248 g/mol. The van der Waals surface area contributed by atoms with Gasteiger partial charge in [0, 0.05) is 6.07 Å². The van der Waals surface area contributed by atoms with Crippen LogP contribution >= 0.6 is 11.6 Å². The number of halogens is 1. The van der Waals surface area contributed by atoms with Gasteiger partial charge >= 0.3 is 0 Å². The highest BCUT2D eigenvalue weighted by Gasteiger charge is 2.16. The molecule has 1 aromatic carbocycles. The molecule has 0 aromatic heterocycles. The molecule has 0 aliphatic carbocycles. The van der Waals surface area contributed by atoms with E-state index in [0.29, 0.717) is 29.4 Å². The third kappa shape index (κ3) is 3.98. The van der Waals surface area contributed by atoms with Gasteiger partial charge in [0.2, 0.25) is 0 Å². The SMILES string of the molecule is CC(C)(C#N)CCOc1ccc(C#N)c(Cl)c1. The molecule has 4 heteroatoms. The molecular formula is C13H13ClN2O. The van der Waals surface area contributed by atoms with E-state index in [-0.39, 0.29) is 0 Å². The summed E-state index contributed by atoms with van der Waals surface area (Å²) in [5.41, 5.74) is 0.0347. The topological polar surface area (TPSA) is 56.8 Å². The molecule has 0 saturated heterocycles. The molecule has 0 N–H and O–H groups in total. The van der Waals surface area contributed by atoms with Gasteiger partial charge < -0.3 is 4.74 Å². The fraction of sp³-hybridized carbons (Fsp3) is 0.385. The van der Waals surface area contributed by atoms with Crippen molar-refractivity contribution in [1.82, 2.24) is 0 Å². The number of rotatable bonds is 4. The summed E-state index contributed by atoms with van der Waals surface area (Å²) in [7, 11) is 0. The van der Waals surface area contributed by atoms with E-state index in [1.54, 1.807) is 18.2 Å². The van der Waals surface area contributed by atoms with Crippen LogP contribution < -0.4 is 4.74 Å². The Balaban J connectivity index is 2.58. The molecule has 1 rings (SSSR count). The summed E-state index contributed by atoms with van der Waals surface area (Å²) in [5, 5.41) is 17.9. The highest BCUT2D eigenvalue weighted by Crippen LogP contribution is 2.23. The molecule has 0 radical (unpaired) electrons. The molecule has 0 unspecified atom stereocenters. The van der Waals surface area contributed by atoms with Crippen molar-refractivity contribution in [3.63, 3.8) is 0 Å². The van der Waals surface area contributed by atoms with Crippen LogP contribution in [0.15, 0.2) is 18.2 Å². The zero-order valence-electron chi connectivity index (χ0n) is 9.83. The number of nitriles is 2. The van der Waals surface area contributed by atoms with Crippen molar-refractivity contribution in [3.05, 3.63) is 28.8 Å². The van der Waals surface area contributed by atoms with Crippen LogP contribution in [0.4, 0.5) is 0 Å². The standard InChI is InChI=1S/C13H13ClN2O/c1-13(2,9-16)5-6-17-11-4-3-10(8-15)12(14)7-11/h3-4,7H,5-6H2,1-2H3. The Labute approximate surface area is 106 Å². The molecule has 0 spiro atoms. The van der Waals surface area contributed by atoms with Crippen molar-refractivity contribution in [2.24, 2.45) is 5.41 Å². The number of nitrogens with zero attached hydrogens (tertiary/aromatic N) is 2. The van der Waals surface area contributed by atoms with E-state index in [2.05, 4.69) is 6.07 Å². The average Bonchev–Trinajstić information content (AvgIpc) is 2.29. The lowest BCUT2D eigenvalue weighted by atomic mass is 9.92. The first kappa shape index (κ1) is 13.4. The van der Waals surface area contributed by atoms with E-state index in [1.807, 2.05) is 19.9 Å². The van der Waals surface area contributed by atoms with Crippen molar-refractivity contribution >= 4 is 11.6 Å².